The molecule has 0 bridgehead atoms. The zero-order valence-electron chi connectivity index (χ0n) is 11.5. The maximum Gasteiger partial charge on any atom is 0.232 e. The van der Waals surface area contributed by atoms with Crippen molar-refractivity contribution in [2.75, 3.05) is 23.0 Å². The number of hydrogen-bond donors (Lipinski definition) is 2. The molecule has 0 aromatic heterocycles. The summed E-state index contributed by atoms with van der Waals surface area (Å²) in [5.41, 5.74) is 5.46. The number of benzene rings is 1. The highest BCUT2D eigenvalue weighted by Crippen LogP contribution is 2.17. The highest BCUT2D eigenvalue weighted by atomic mass is 35.5. The number of nitrogens with one attached hydrogen (secondary N) is 1. The van der Waals surface area contributed by atoms with Crippen molar-refractivity contribution in [3.05, 3.63) is 24.3 Å². The molecule has 0 heterocycles. The van der Waals surface area contributed by atoms with Gasteiger partial charge in [-0.1, -0.05) is 0 Å². The Labute approximate surface area is 129 Å². The van der Waals surface area contributed by atoms with Gasteiger partial charge in [0.1, 0.15) is 5.75 Å². The van der Waals surface area contributed by atoms with Crippen LogP contribution < -0.4 is 15.2 Å². The number of nitrogens with two attached hydrogens (primary N) is 1. The highest BCUT2D eigenvalue weighted by Gasteiger charge is 2.09. The summed E-state index contributed by atoms with van der Waals surface area (Å²) in [4.78, 5) is 10.6. The molecular formula is C13H19ClN2O4S. The lowest BCUT2D eigenvalue weighted by Gasteiger charge is -2.09. The summed E-state index contributed by atoms with van der Waals surface area (Å²) >= 11 is 5.51. The lowest BCUT2D eigenvalue weighted by molar-refractivity contribution is -0.118. The van der Waals surface area contributed by atoms with E-state index in [4.69, 9.17) is 22.1 Å². The van der Waals surface area contributed by atoms with Gasteiger partial charge >= 0.3 is 0 Å². The molecule has 3 N–H and O–H groups in total. The van der Waals surface area contributed by atoms with E-state index in [1.54, 1.807) is 24.3 Å². The number of anilines is 1. The van der Waals surface area contributed by atoms with E-state index in [0.29, 0.717) is 30.2 Å². The minimum absolute atomic E-state index is 0.0383. The van der Waals surface area contributed by atoms with Gasteiger partial charge in [0, 0.05) is 11.6 Å². The lowest BCUT2D eigenvalue weighted by Crippen LogP contribution is -2.16. The van der Waals surface area contributed by atoms with E-state index in [2.05, 4.69) is 4.72 Å². The largest absolute Gasteiger partial charge is 0.493 e. The van der Waals surface area contributed by atoms with Crippen LogP contribution in [0.15, 0.2) is 24.3 Å². The molecular weight excluding hydrogens is 316 g/mol. The number of primary amides is 1. The third-order valence-electron chi connectivity index (χ3n) is 2.54. The van der Waals surface area contributed by atoms with Crippen molar-refractivity contribution in [2.45, 2.75) is 19.3 Å². The zero-order valence-corrected chi connectivity index (χ0v) is 13.1. The molecule has 0 aliphatic rings. The van der Waals surface area contributed by atoms with Crippen molar-refractivity contribution in [2.24, 2.45) is 5.73 Å². The highest BCUT2D eigenvalue weighted by molar-refractivity contribution is 7.92. The first-order valence-corrected chi connectivity index (χ1v) is 8.69. The number of ether oxygens (including phenoxy) is 1. The predicted molar refractivity (Wildman–Crippen MR) is 83.1 cm³/mol. The van der Waals surface area contributed by atoms with Crippen molar-refractivity contribution in [3.8, 4) is 5.75 Å². The lowest BCUT2D eigenvalue weighted by atomic mass is 10.3. The van der Waals surface area contributed by atoms with Crippen LogP contribution in [0.25, 0.3) is 0 Å². The molecule has 0 unspecified atom stereocenters. The Balaban J connectivity index is 2.48. The van der Waals surface area contributed by atoms with Gasteiger partial charge in [-0.05, 0) is 37.1 Å². The van der Waals surface area contributed by atoms with E-state index in [1.165, 1.54) is 0 Å². The maximum atomic E-state index is 11.8. The molecule has 0 aliphatic carbocycles. The third-order valence-corrected chi connectivity index (χ3v) is 4.18. The van der Waals surface area contributed by atoms with Crippen LogP contribution in [0, 0.1) is 0 Å². The van der Waals surface area contributed by atoms with Gasteiger partial charge in [-0.25, -0.2) is 8.42 Å². The molecule has 0 saturated carbocycles. The second kappa shape index (κ2) is 8.74. The molecule has 0 saturated heterocycles. The van der Waals surface area contributed by atoms with E-state index in [-0.39, 0.29) is 18.8 Å². The fraction of sp³-hybridized carbons (Fsp3) is 0.462. The third kappa shape index (κ3) is 7.77. The van der Waals surface area contributed by atoms with Gasteiger partial charge in [-0.3, -0.25) is 9.52 Å². The Morgan fingerprint density at radius 3 is 2.48 bits per heavy atom. The van der Waals surface area contributed by atoms with Gasteiger partial charge in [-0.2, -0.15) is 0 Å². The fourth-order valence-electron chi connectivity index (χ4n) is 1.51. The molecule has 0 aliphatic heterocycles. The first-order valence-electron chi connectivity index (χ1n) is 6.50. The second-order valence-electron chi connectivity index (χ2n) is 4.41. The smallest absolute Gasteiger partial charge is 0.232 e. The number of amides is 1. The molecule has 1 aromatic rings. The Bertz CT molecular complexity index is 546. The monoisotopic (exact) mass is 334 g/mol. The molecule has 8 heteroatoms. The predicted octanol–water partition coefficient (Wildman–Crippen LogP) is 1.70. The summed E-state index contributed by atoms with van der Waals surface area (Å²) < 4.78 is 31.3. The van der Waals surface area contributed by atoms with Gasteiger partial charge in [0.15, 0.2) is 0 Å². The molecule has 118 valence electrons. The van der Waals surface area contributed by atoms with E-state index in [1.807, 2.05) is 0 Å². The summed E-state index contributed by atoms with van der Waals surface area (Å²) in [7, 11) is -3.36. The van der Waals surface area contributed by atoms with Crippen molar-refractivity contribution in [1.29, 1.82) is 0 Å². The molecule has 6 nitrogen and oxygen atoms in total. The number of alkyl halides is 1. The molecule has 0 atom stereocenters. The average Bonchev–Trinajstić information content (AvgIpc) is 2.40. The summed E-state index contributed by atoms with van der Waals surface area (Å²) in [5, 5.41) is 0. The minimum atomic E-state index is -3.36. The Kier molecular flexibility index (Phi) is 7.31. The number of halogens is 1. The molecule has 1 rings (SSSR count). The first kappa shape index (κ1) is 17.6. The fourth-order valence-corrected chi connectivity index (χ4v) is 2.88. The summed E-state index contributed by atoms with van der Waals surface area (Å²) in [5.74, 6) is 0.598. The van der Waals surface area contributed by atoms with Gasteiger partial charge in [-0.15, -0.1) is 11.6 Å². The van der Waals surface area contributed by atoms with Crippen LogP contribution in [-0.2, 0) is 14.8 Å². The molecule has 0 spiro atoms. The van der Waals surface area contributed by atoms with Gasteiger partial charge in [0.05, 0.1) is 18.8 Å². The SMILES string of the molecule is NC(=O)CCOc1ccc(NS(=O)(=O)CCCCCl)cc1. The van der Waals surface area contributed by atoms with Gasteiger partial charge in [0.25, 0.3) is 0 Å². The van der Waals surface area contributed by atoms with Crippen molar-refractivity contribution < 1.29 is 17.9 Å². The number of rotatable bonds is 10. The van der Waals surface area contributed by atoms with Crippen LogP contribution in [0.1, 0.15) is 19.3 Å². The minimum Gasteiger partial charge on any atom is -0.493 e. The molecule has 1 aromatic carbocycles. The zero-order chi connectivity index (χ0) is 15.7. The van der Waals surface area contributed by atoms with Crippen LogP contribution >= 0.6 is 11.6 Å². The van der Waals surface area contributed by atoms with Crippen LogP contribution in [-0.4, -0.2) is 32.6 Å². The van der Waals surface area contributed by atoms with Gasteiger partial charge < -0.3 is 10.5 Å². The quantitative estimate of drug-likeness (QED) is 0.502. The van der Waals surface area contributed by atoms with Crippen molar-refractivity contribution >= 4 is 33.2 Å². The summed E-state index contributed by atoms with van der Waals surface area (Å²) in [6.45, 7) is 0.193. The molecule has 0 fully saturated rings. The van der Waals surface area contributed by atoms with E-state index in [0.717, 1.165) is 0 Å². The molecule has 1 amide bonds. The van der Waals surface area contributed by atoms with Crippen molar-refractivity contribution in [1.82, 2.24) is 0 Å². The van der Waals surface area contributed by atoms with Crippen LogP contribution in [0.5, 0.6) is 5.75 Å². The average molecular weight is 335 g/mol. The summed E-state index contributed by atoms with van der Waals surface area (Å²) in [6, 6.07) is 6.44. The van der Waals surface area contributed by atoms with Gasteiger partial charge in [0.2, 0.25) is 15.9 Å². The topological polar surface area (TPSA) is 98.5 Å². The van der Waals surface area contributed by atoms with E-state index in [9.17, 15) is 13.2 Å². The molecule has 0 radical (unpaired) electrons. The van der Waals surface area contributed by atoms with Crippen LogP contribution in [0.3, 0.4) is 0 Å². The van der Waals surface area contributed by atoms with E-state index >= 15 is 0 Å². The Morgan fingerprint density at radius 2 is 1.90 bits per heavy atom. The first-order chi connectivity index (χ1) is 9.93. The Morgan fingerprint density at radius 1 is 1.24 bits per heavy atom. The number of carbonyl (C=O) groups is 1. The number of sulfonamides is 1. The summed E-state index contributed by atoms with van der Waals surface area (Å²) in [6.07, 6.45) is 1.32. The second-order valence-corrected chi connectivity index (χ2v) is 6.63. The van der Waals surface area contributed by atoms with Crippen LogP contribution in [0.4, 0.5) is 5.69 Å². The maximum absolute atomic E-state index is 11.8. The number of unbranched alkanes of at least 4 members (excludes halogenated alkanes) is 1. The molecule has 21 heavy (non-hydrogen) atoms. The van der Waals surface area contributed by atoms with E-state index < -0.39 is 15.9 Å². The Hall–Kier alpha value is -1.47. The van der Waals surface area contributed by atoms with Crippen LogP contribution in [0.2, 0.25) is 0 Å². The standard InChI is InChI=1S/C13H19ClN2O4S/c14-8-1-2-10-21(18,19)16-11-3-5-12(6-4-11)20-9-7-13(15)17/h3-6,16H,1-2,7-10H2,(H2,15,17). The van der Waals surface area contributed by atoms with Crippen molar-refractivity contribution in [3.63, 3.8) is 0 Å². The number of carbonyl (C=O) groups excluding carboxylic acids is 1. The number of hydrogen-bond acceptors (Lipinski definition) is 4. The normalized spacial score (nSPS) is 11.1.